The molecule has 0 aliphatic heterocycles. The Kier molecular flexibility index (Phi) is 3.52. The Morgan fingerprint density at radius 2 is 2.44 bits per heavy atom. The lowest BCUT2D eigenvalue weighted by atomic mass is 10.2. The SMILES string of the molecule is O=[N+]([O-])c1cc(CNC2CCCC2O)cs1. The van der Waals surface area contributed by atoms with Gasteiger partial charge in [-0.2, -0.15) is 0 Å². The van der Waals surface area contributed by atoms with E-state index in [1.807, 2.05) is 0 Å². The summed E-state index contributed by atoms with van der Waals surface area (Å²) >= 11 is 1.14. The second-order valence-corrected chi connectivity index (χ2v) is 4.93. The van der Waals surface area contributed by atoms with E-state index in [4.69, 9.17) is 0 Å². The average molecular weight is 242 g/mol. The van der Waals surface area contributed by atoms with Gasteiger partial charge in [0.15, 0.2) is 0 Å². The van der Waals surface area contributed by atoms with Gasteiger partial charge in [-0.1, -0.05) is 11.3 Å². The van der Waals surface area contributed by atoms with Crippen molar-refractivity contribution in [3.05, 3.63) is 27.1 Å². The predicted octanol–water partition coefficient (Wildman–Crippen LogP) is 1.66. The van der Waals surface area contributed by atoms with Crippen LogP contribution in [0.5, 0.6) is 0 Å². The Morgan fingerprint density at radius 1 is 1.62 bits per heavy atom. The number of rotatable bonds is 4. The minimum absolute atomic E-state index is 0.138. The summed E-state index contributed by atoms with van der Waals surface area (Å²) in [7, 11) is 0. The van der Waals surface area contributed by atoms with Gasteiger partial charge in [-0.05, 0) is 24.8 Å². The van der Waals surface area contributed by atoms with Gasteiger partial charge in [-0.25, -0.2) is 0 Å². The van der Waals surface area contributed by atoms with Crippen molar-refractivity contribution in [2.24, 2.45) is 0 Å². The van der Waals surface area contributed by atoms with Gasteiger partial charge in [-0.3, -0.25) is 10.1 Å². The third kappa shape index (κ3) is 2.58. The van der Waals surface area contributed by atoms with Crippen LogP contribution in [0.25, 0.3) is 0 Å². The maximum absolute atomic E-state index is 10.5. The monoisotopic (exact) mass is 242 g/mol. The van der Waals surface area contributed by atoms with E-state index in [0.29, 0.717) is 6.54 Å². The topological polar surface area (TPSA) is 75.4 Å². The van der Waals surface area contributed by atoms with E-state index in [2.05, 4.69) is 5.32 Å². The lowest BCUT2D eigenvalue weighted by Crippen LogP contribution is -2.34. The van der Waals surface area contributed by atoms with Gasteiger partial charge >= 0.3 is 5.00 Å². The minimum Gasteiger partial charge on any atom is -0.392 e. The standard InChI is InChI=1S/C10H14N2O3S/c13-9-3-1-2-8(9)11-5-7-4-10(12(14)15)16-6-7/h4,6,8-9,11,13H,1-3,5H2. The Morgan fingerprint density at radius 3 is 3.00 bits per heavy atom. The molecule has 88 valence electrons. The molecule has 16 heavy (non-hydrogen) atoms. The lowest BCUT2D eigenvalue weighted by molar-refractivity contribution is -0.380. The molecule has 1 aliphatic carbocycles. The molecule has 5 nitrogen and oxygen atoms in total. The first-order chi connectivity index (χ1) is 7.66. The summed E-state index contributed by atoms with van der Waals surface area (Å²) < 4.78 is 0. The zero-order valence-electron chi connectivity index (χ0n) is 8.76. The molecule has 6 heteroatoms. The molecule has 1 aromatic heterocycles. The van der Waals surface area contributed by atoms with E-state index in [9.17, 15) is 15.2 Å². The van der Waals surface area contributed by atoms with E-state index in [-0.39, 0.29) is 22.1 Å². The molecule has 1 fully saturated rings. The smallest absolute Gasteiger partial charge is 0.324 e. The van der Waals surface area contributed by atoms with Crippen molar-refractivity contribution < 1.29 is 10.0 Å². The summed E-state index contributed by atoms with van der Waals surface area (Å²) in [5.41, 5.74) is 0.913. The zero-order valence-corrected chi connectivity index (χ0v) is 9.57. The highest BCUT2D eigenvalue weighted by Crippen LogP contribution is 2.23. The van der Waals surface area contributed by atoms with Crippen LogP contribution in [-0.4, -0.2) is 22.2 Å². The molecule has 0 spiro atoms. The van der Waals surface area contributed by atoms with Crippen molar-refractivity contribution >= 4 is 16.3 Å². The quantitative estimate of drug-likeness (QED) is 0.622. The van der Waals surface area contributed by atoms with Crippen molar-refractivity contribution in [3.63, 3.8) is 0 Å². The number of hydrogen-bond acceptors (Lipinski definition) is 5. The number of aliphatic hydroxyl groups is 1. The molecule has 2 N–H and O–H groups in total. The summed E-state index contributed by atoms with van der Waals surface area (Å²) in [5, 5.41) is 25.3. The molecular weight excluding hydrogens is 228 g/mol. The first kappa shape index (κ1) is 11.5. The van der Waals surface area contributed by atoms with E-state index >= 15 is 0 Å². The fraction of sp³-hybridized carbons (Fsp3) is 0.600. The van der Waals surface area contributed by atoms with Crippen LogP contribution in [0.4, 0.5) is 5.00 Å². The Bertz CT molecular complexity index is 380. The number of thiophene rings is 1. The molecule has 1 aliphatic rings. The van der Waals surface area contributed by atoms with Crippen molar-refractivity contribution in [2.45, 2.75) is 38.0 Å². The summed E-state index contributed by atoms with van der Waals surface area (Å²) in [4.78, 5) is 10.1. The summed E-state index contributed by atoms with van der Waals surface area (Å²) in [6, 6.07) is 1.72. The van der Waals surface area contributed by atoms with E-state index in [1.54, 1.807) is 11.4 Å². The first-order valence-corrected chi connectivity index (χ1v) is 6.18. The van der Waals surface area contributed by atoms with Gasteiger partial charge in [0, 0.05) is 24.0 Å². The Hall–Kier alpha value is -0.980. The maximum Gasteiger partial charge on any atom is 0.324 e. The molecule has 2 rings (SSSR count). The highest BCUT2D eigenvalue weighted by molar-refractivity contribution is 7.13. The van der Waals surface area contributed by atoms with Crippen LogP contribution in [0.1, 0.15) is 24.8 Å². The third-order valence-electron chi connectivity index (χ3n) is 2.87. The molecule has 1 aromatic rings. The second kappa shape index (κ2) is 4.90. The molecule has 2 atom stereocenters. The Balaban J connectivity index is 1.87. The second-order valence-electron chi connectivity index (χ2n) is 4.04. The van der Waals surface area contributed by atoms with Crippen LogP contribution < -0.4 is 5.32 Å². The zero-order chi connectivity index (χ0) is 11.5. The van der Waals surface area contributed by atoms with Gasteiger partial charge in [0.1, 0.15) is 0 Å². The van der Waals surface area contributed by atoms with Crippen LogP contribution in [0.2, 0.25) is 0 Å². The maximum atomic E-state index is 10.5. The van der Waals surface area contributed by atoms with Crippen LogP contribution in [-0.2, 0) is 6.54 Å². The molecule has 0 radical (unpaired) electrons. The summed E-state index contributed by atoms with van der Waals surface area (Å²) in [6.07, 6.45) is 2.60. The largest absolute Gasteiger partial charge is 0.392 e. The van der Waals surface area contributed by atoms with Crippen LogP contribution in [0, 0.1) is 10.1 Å². The number of hydrogen-bond donors (Lipinski definition) is 2. The molecule has 0 aromatic carbocycles. The Labute approximate surface area is 97.3 Å². The fourth-order valence-electron chi connectivity index (χ4n) is 1.98. The normalized spacial score (nSPS) is 24.8. The number of aliphatic hydroxyl groups excluding tert-OH is 1. The third-order valence-corrected chi connectivity index (χ3v) is 3.80. The molecule has 0 saturated heterocycles. The van der Waals surface area contributed by atoms with Gasteiger partial charge in [0.25, 0.3) is 0 Å². The molecular formula is C10H14N2O3S. The van der Waals surface area contributed by atoms with Crippen molar-refractivity contribution in [3.8, 4) is 0 Å². The molecule has 1 saturated carbocycles. The molecule has 2 unspecified atom stereocenters. The van der Waals surface area contributed by atoms with Crippen molar-refractivity contribution in [1.82, 2.24) is 5.32 Å². The van der Waals surface area contributed by atoms with Gasteiger partial charge in [0.05, 0.1) is 11.0 Å². The number of nitro groups is 1. The van der Waals surface area contributed by atoms with Crippen LogP contribution >= 0.6 is 11.3 Å². The van der Waals surface area contributed by atoms with E-state index in [0.717, 1.165) is 36.2 Å². The highest BCUT2D eigenvalue weighted by Gasteiger charge is 2.24. The highest BCUT2D eigenvalue weighted by atomic mass is 32.1. The molecule has 1 heterocycles. The summed E-state index contributed by atoms with van der Waals surface area (Å²) in [5.74, 6) is 0. The average Bonchev–Trinajstić information content (AvgIpc) is 2.83. The predicted molar refractivity (Wildman–Crippen MR) is 61.5 cm³/mol. The van der Waals surface area contributed by atoms with Crippen LogP contribution in [0.3, 0.4) is 0 Å². The van der Waals surface area contributed by atoms with Crippen molar-refractivity contribution in [2.75, 3.05) is 0 Å². The van der Waals surface area contributed by atoms with E-state index in [1.165, 1.54) is 0 Å². The summed E-state index contributed by atoms with van der Waals surface area (Å²) in [6.45, 7) is 0.589. The number of nitrogens with one attached hydrogen (secondary N) is 1. The van der Waals surface area contributed by atoms with Gasteiger partial charge in [-0.15, -0.1) is 0 Å². The fourth-order valence-corrected chi connectivity index (χ4v) is 2.71. The van der Waals surface area contributed by atoms with Gasteiger partial charge < -0.3 is 10.4 Å². The molecule has 0 bridgehead atoms. The molecule has 0 amide bonds. The van der Waals surface area contributed by atoms with Gasteiger partial charge in [0.2, 0.25) is 0 Å². The lowest BCUT2D eigenvalue weighted by Gasteiger charge is -2.15. The van der Waals surface area contributed by atoms with E-state index < -0.39 is 0 Å². The number of nitrogens with zero attached hydrogens (tertiary/aromatic N) is 1. The minimum atomic E-state index is -0.376. The van der Waals surface area contributed by atoms with Crippen molar-refractivity contribution in [1.29, 1.82) is 0 Å². The van der Waals surface area contributed by atoms with Crippen LogP contribution in [0.15, 0.2) is 11.4 Å². The first-order valence-electron chi connectivity index (χ1n) is 5.30.